The third-order valence-corrected chi connectivity index (χ3v) is 3.77. The molecule has 0 aliphatic rings. The Balaban J connectivity index is 2.64. The second-order valence-electron chi connectivity index (χ2n) is 4.92. The Morgan fingerprint density at radius 2 is 1.95 bits per heavy atom. The lowest BCUT2D eigenvalue weighted by Gasteiger charge is -2.17. The van der Waals surface area contributed by atoms with Gasteiger partial charge in [-0.05, 0) is 64.1 Å². The van der Waals surface area contributed by atoms with Crippen molar-refractivity contribution in [1.29, 1.82) is 0 Å². The third-order valence-electron chi connectivity index (χ3n) is 3.77. The second kappa shape index (κ2) is 5.13. The van der Waals surface area contributed by atoms with Crippen LogP contribution in [-0.2, 0) is 0 Å². The average Bonchev–Trinajstić information content (AvgIpc) is 2.65. The van der Waals surface area contributed by atoms with Crippen molar-refractivity contribution >= 4 is 0 Å². The maximum Gasteiger partial charge on any atom is 0.123 e. The molecule has 0 radical (unpaired) electrons. The van der Waals surface area contributed by atoms with E-state index in [1.807, 2.05) is 32.5 Å². The maximum atomic E-state index is 13.5. The molecular formula is C15H20FN3. The molecule has 2 aromatic rings. The van der Waals surface area contributed by atoms with Gasteiger partial charge in [-0.2, -0.15) is 5.10 Å². The van der Waals surface area contributed by atoms with Crippen LogP contribution in [0.3, 0.4) is 0 Å². The van der Waals surface area contributed by atoms with Crippen molar-refractivity contribution in [2.45, 2.75) is 33.7 Å². The zero-order chi connectivity index (χ0) is 14.2. The van der Waals surface area contributed by atoms with E-state index in [0.717, 1.165) is 22.6 Å². The molecule has 1 heterocycles. The lowest BCUT2D eigenvalue weighted by atomic mass is 10.1. The van der Waals surface area contributed by atoms with Crippen molar-refractivity contribution in [2.75, 3.05) is 7.05 Å². The largest absolute Gasteiger partial charge is 0.313 e. The van der Waals surface area contributed by atoms with E-state index in [4.69, 9.17) is 0 Å². The van der Waals surface area contributed by atoms with E-state index < -0.39 is 0 Å². The zero-order valence-corrected chi connectivity index (χ0v) is 12.1. The Bertz CT molecular complexity index is 602. The summed E-state index contributed by atoms with van der Waals surface area (Å²) in [6.45, 7) is 8.09. The van der Waals surface area contributed by atoms with Crippen molar-refractivity contribution in [3.63, 3.8) is 0 Å². The summed E-state index contributed by atoms with van der Waals surface area (Å²) >= 11 is 0. The van der Waals surface area contributed by atoms with Crippen LogP contribution in [0.5, 0.6) is 0 Å². The van der Waals surface area contributed by atoms with E-state index >= 15 is 0 Å². The van der Waals surface area contributed by atoms with Crippen LogP contribution >= 0.6 is 0 Å². The van der Waals surface area contributed by atoms with Gasteiger partial charge in [0.25, 0.3) is 0 Å². The zero-order valence-electron chi connectivity index (χ0n) is 12.1. The highest BCUT2D eigenvalue weighted by Crippen LogP contribution is 2.25. The Kier molecular flexibility index (Phi) is 3.71. The van der Waals surface area contributed by atoms with Crippen molar-refractivity contribution in [1.82, 2.24) is 15.1 Å². The normalized spacial score (nSPS) is 12.7. The van der Waals surface area contributed by atoms with Crippen LogP contribution in [-0.4, -0.2) is 16.8 Å². The number of aromatic nitrogens is 2. The summed E-state index contributed by atoms with van der Waals surface area (Å²) in [6, 6.07) is 4.90. The van der Waals surface area contributed by atoms with E-state index in [0.29, 0.717) is 0 Å². The van der Waals surface area contributed by atoms with Gasteiger partial charge < -0.3 is 5.32 Å². The number of benzene rings is 1. The second-order valence-corrected chi connectivity index (χ2v) is 4.92. The van der Waals surface area contributed by atoms with Crippen molar-refractivity contribution < 1.29 is 4.39 Å². The molecule has 0 saturated heterocycles. The van der Waals surface area contributed by atoms with Crippen LogP contribution in [0.25, 0.3) is 5.69 Å². The van der Waals surface area contributed by atoms with Crippen LogP contribution in [0.1, 0.15) is 35.5 Å². The molecule has 0 amide bonds. The molecule has 4 heteroatoms. The minimum Gasteiger partial charge on any atom is -0.313 e. The Hall–Kier alpha value is -1.68. The van der Waals surface area contributed by atoms with Crippen LogP contribution in [0.2, 0.25) is 0 Å². The summed E-state index contributed by atoms with van der Waals surface area (Å²) in [4.78, 5) is 0. The molecule has 1 N–H and O–H groups in total. The summed E-state index contributed by atoms with van der Waals surface area (Å²) < 4.78 is 15.4. The first kappa shape index (κ1) is 13.7. The Labute approximate surface area is 113 Å². The van der Waals surface area contributed by atoms with E-state index in [2.05, 4.69) is 17.3 Å². The van der Waals surface area contributed by atoms with Crippen molar-refractivity contribution in [3.05, 3.63) is 46.5 Å². The number of halogens is 1. The molecule has 0 aliphatic carbocycles. The van der Waals surface area contributed by atoms with Gasteiger partial charge in [-0.25, -0.2) is 9.07 Å². The van der Waals surface area contributed by atoms with Gasteiger partial charge in [0, 0.05) is 11.7 Å². The maximum absolute atomic E-state index is 13.5. The van der Waals surface area contributed by atoms with E-state index in [9.17, 15) is 4.39 Å². The van der Waals surface area contributed by atoms with Crippen molar-refractivity contribution in [2.24, 2.45) is 0 Å². The first-order valence-corrected chi connectivity index (χ1v) is 6.45. The van der Waals surface area contributed by atoms with Gasteiger partial charge >= 0.3 is 0 Å². The fraction of sp³-hybridized carbons (Fsp3) is 0.400. The highest BCUT2D eigenvalue weighted by Gasteiger charge is 2.16. The van der Waals surface area contributed by atoms with E-state index in [-0.39, 0.29) is 11.9 Å². The minimum absolute atomic E-state index is 0.0647. The average molecular weight is 261 g/mol. The summed E-state index contributed by atoms with van der Waals surface area (Å²) in [6.07, 6.45) is 0. The molecule has 0 bridgehead atoms. The molecule has 2 rings (SSSR count). The lowest BCUT2D eigenvalue weighted by molar-refractivity contribution is 0.603. The van der Waals surface area contributed by atoms with Gasteiger partial charge in [0.2, 0.25) is 0 Å². The van der Waals surface area contributed by atoms with Crippen LogP contribution in [0, 0.1) is 26.6 Å². The summed E-state index contributed by atoms with van der Waals surface area (Å²) in [5.74, 6) is -0.223. The number of nitrogens with zero attached hydrogens (tertiary/aromatic N) is 2. The van der Waals surface area contributed by atoms with Crippen LogP contribution in [0.4, 0.5) is 4.39 Å². The quantitative estimate of drug-likeness (QED) is 0.919. The molecule has 0 aliphatic heterocycles. The molecule has 1 unspecified atom stereocenters. The molecule has 0 fully saturated rings. The van der Waals surface area contributed by atoms with Crippen LogP contribution in [0.15, 0.2) is 18.2 Å². The molecule has 19 heavy (non-hydrogen) atoms. The third kappa shape index (κ3) is 2.40. The highest BCUT2D eigenvalue weighted by atomic mass is 19.1. The minimum atomic E-state index is -0.223. The number of aryl methyl sites for hydroxylation is 1. The molecule has 1 aromatic carbocycles. The molecule has 0 spiro atoms. The summed E-state index contributed by atoms with van der Waals surface area (Å²) in [5.41, 5.74) is 5.11. The molecule has 1 atom stereocenters. The van der Waals surface area contributed by atoms with Gasteiger partial charge in [-0.1, -0.05) is 0 Å². The smallest absolute Gasteiger partial charge is 0.123 e. The van der Waals surface area contributed by atoms with Crippen molar-refractivity contribution in [3.8, 4) is 5.69 Å². The number of nitrogens with one attached hydrogen (secondary N) is 1. The lowest BCUT2D eigenvalue weighted by Crippen LogP contribution is -2.16. The monoisotopic (exact) mass is 261 g/mol. The first-order chi connectivity index (χ1) is 8.95. The fourth-order valence-electron chi connectivity index (χ4n) is 2.18. The van der Waals surface area contributed by atoms with E-state index in [1.165, 1.54) is 11.6 Å². The van der Waals surface area contributed by atoms with Gasteiger partial charge in [-0.15, -0.1) is 0 Å². The first-order valence-electron chi connectivity index (χ1n) is 6.45. The Morgan fingerprint density at radius 3 is 2.47 bits per heavy atom. The van der Waals surface area contributed by atoms with Gasteiger partial charge in [0.05, 0.1) is 11.4 Å². The SMILES string of the molecule is CNC(C)c1cc(F)ccc1-n1nc(C)c(C)c1C. The van der Waals surface area contributed by atoms with Gasteiger partial charge in [0.1, 0.15) is 5.82 Å². The molecule has 3 nitrogen and oxygen atoms in total. The van der Waals surface area contributed by atoms with Crippen LogP contribution < -0.4 is 5.32 Å². The summed E-state index contributed by atoms with van der Waals surface area (Å²) in [5, 5.41) is 7.71. The van der Waals surface area contributed by atoms with Gasteiger partial charge in [-0.3, -0.25) is 0 Å². The topological polar surface area (TPSA) is 29.9 Å². The fourth-order valence-corrected chi connectivity index (χ4v) is 2.18. The number of rotatable bonds is 3. The van der Waals surface area contributed by atoms with E-state index in [1.54, 1.807) is 12.1 Å². The standard InChI is InChI=1S/C15H20FN3/c1-9-10(2)18-19(12(9)4)15-7-6-13(16)8-14(15)11(3)17-5/h6-8,11,17H,1-5H3. The Morgan fingerprint density at radius 1 is 1.26 bits per heavy atom. The highest BCUT2D eigenvalue weighted by molar-refractivity contribution is 5.45. The number of hydrogen-bond donors (Lipinski definition) is 1. The number of hydrogen-bond acceptors (Lipinski definition) is 2. The summed E-state index contributed by atoms with van der Waals surface area (Å²) in [7, 11) is 1.87. The predicted octanol–water partition coefficient (Wildman–Crippen LogP) is 3.22. The van der Waals surface area contributed by atoms with Gasteiger partial charge in [0.15, 0.2) is 0 Å². The molecule has 102 valence electrons. The molecule has 1 aromatic heterocycles. The molecule has 0 saturated carbocycles. The predicted molar refractivity (Wildman–Crippen MR) is 75.2 cm³/mol. The molecular weight excluding hydrogens is 241 g/mol.